The molecule has 4 rings (SSSR count). The van der Waals surface area contributed by atoms with Gasteiger partial charge in [-0.25, -0.2) is 8.42 Å². The van der Waals surface area contributed by atoms with E-state index in [1.165, 1.54) is 23.4 Å². The molecule has 0 atom stereocenters. The maximum atomic E-state index is 13.8. The number of ether oxygens (including phenoxy) is 1. The van der Waals surface area contributed by atoms with Crippen molar-refractivity contribution in [3.8, 4) is 5.75 Å². The minimum absolute atomic E-state index is 0.00537. The van der Waals surface area contributed by atoms with Crippen LogP contribution in [0.25, 0.3) is 10.9 Å². The Balaban J connectivity index is 1.79. The zero-order valence-corrected chi connectivity index (χ0v) is 21.3. The number of aromatic amines is 1. The maximum Gasteiger partial charge on any atom is 0.252 e. The van der Waals surface area contributed by atoms with E-state index in [0.717, 1.165) is 22.9 Å². The van der Waals surface area contributed by atoms with E-state index in [0.29, 0.717) is 22.4 Å². The molecule has 0 aliphatic carbocycles. The second-order valence-corrected chi connectivity index (χ2v) is 10.5. The van der Waals surface area contributed by atoms with Crippen LogP contribution in [0, 0.1) is 0 Å². The number of fused-ring (bicyclic) bond motifs is 1. The van der Waals surface area contributed by atoms with Crippen LogP contribution in [-0.4, -0.2) is 30.6 Å². The number of sulfonamides is 1. The van der Waals surface area contributed by atoms with Gasteiger partial charge in [-0.15, -0.1) is 0 Å². The van der Waals surface area contributed by atoms with Gasteiger partial charge < -0.3 is 9.72 Å². The number of carbonyl (C=O) groups is 1. The van der Waals surface area contributed by atoms with Crippen LogP contribution in [0.5, 0.6) is 5.75 Å². The van der Waals surface area contributed by atoms with Crippen molar-refractivity contribution in [1.29, 1.82) is 0 Å². The molecule has 4 aromatic rings. The number of pyridine rings is 1. The van der Waals surface area contributed by atoms with Crippen LogP contribution in [0.4, 0.5) is 0 Å². The van der Waals surface area contributed by atoms with E-state index >= 15 is 0 Å². The summed E-state index contributed by atoms with van der Waals surface area (Å²) in [5.41, 5.74) is 2.82. The van der Waals surface area contributed by atoms with E-state index in [2.05, 4.69) is 4.98 Å². The molecule has 8 heteroatoms. The molecule has 36 heavy (non-hydrogen) atoms. The Morgan fingerprint density at radius 1 is 0.944 bits per heavy atom. The second-order valence-electron chi connectivity index (χ2n) is 8.60. The summed E-state index contributed by atoms with van der Waals surface area (Å²) in [6.45, 7) is 3.33. The van der Waals surface area contributed by atoms with Gasteiger partial charge in [0.15, 0.2) is 5.78 Å². The zero-order valence-electron chi connectivity index (χ0n) is 20.4. The lowest BCUT2D eigenvalue weighted by molar-refractivity contribution is 0.101. The number of nitrogens with one attached hydrogen (secondary N) is 1. The molecule has 1 aromatic heterocycles. The summed E-state index contributed by atoms with van der Waals surface area (Å²) < 4.78 is 34.1. The van der Waals surface area contributed by atoms with E-state index in [1.807, 2.05) is 25.1 Å². The lowest BCUT2D eigenvalue weighted by Crippen LogP contribution is -2.32. The molecule has 0 unspecified atom stereocenters. The average Bonchev–Trinajstić information content (AvgIpc) is 2.88. The highest BCUT2D eigenvalue weighted by Gasteiger charge is 2.27. The summed E-state index contributed by atoms with van der Waals surface area (Å²) in [4.78, 5) is 27.7. The van der Waals surface area contributed by atoms with Crippen molar-refractivity contribution in [2.24, 2.45) is 0 Å². The second kappa shape index (κ2) is 10.5. The first-order valence-electron chi connectivity index (χ1n) is 11.6. The maximum absolute atomic E-state index is 13.8. The number of Topliss-reactive ketones (excluding diaryl/α,β-unsaturated/α-hetero) is 1. The molecule has 0 aliphatic rings. The number of ketones is 1. The van der Waals surface area contributed by atoms with Crippen LogP contribution in [0.1, 0.15) is 40.9 Å². The number of methoxy groups -OCH3 is 1. The van der Waals surface area contributed by atoms with Crippen molar-refractivity contribution in [2.45, 2.75) is 38.3 Å². The highest BCUT2D eigenvalue weighted by molar-refractivity contribution is 7.89. The number of hydrogen-bond donors (Lipinski definition) is 1. The summed E-state index contributed by atoms with van der Waals surface area (Å²) in [6.07, 6.45) is 0.842. The lowest BCUT2D eigenvalue weighted by atomic mass is 10.1. The molecular weight excluding hydrogens is 476 g/mol. The van der Waals surface area contributed by atoms with E-state index in [4.69, 9.17) is 4.74 Å². The summed E-state index contributed by atoms with van der Waals surface area (Å²) >= 11 is 0. The number of rotatable bonds is 9. The van der Waals surface area contributed by atoms with Gasteiger partial charge in [-0.05, 0) is 72.3 Å². The first-order valence-corrected chi connectivity index (χ1v) is 13.0. The lowest BCUT2D eigenvalue weighted by Gasteiger charge is -2.23. The van der Waals surface area contributed by atoms with E-state index in [-0.39, 0.29) is 29.3 Å². The minimum atomic E-state index is -4.05. The van der Waals surface area contributed by atoms with Gasteiger partial charge in [-0.1, -0.05) is 37.3 Å². The van der Waals surface area contributed by atoms with Crippen molar-refractivity contribution >= 4 is 26.7 Å². The predicted octanol–water partition coefficient (Wildman–Crippen LogP) is 4.69. The molecule has 1 N–H and O–H groups in total. The highest BCUT2D eigenvalue weighted by Crippen LogP contribution is 2.24. The van der Waals surface area contributed by atoms with Gasteiger partial charge in [0.2, 0.25) is 10.0 Å². The minimum Gasteiger partial charge on any atom is -0.497 e. The first kappa shape index (κ1) is 25.3. The van der Waals surface area contributed by atoms with Crippen LogP contribution < -0.4 is 10.3 Å². The number of nitrogens with zero attached hydrogens (tertiary/aromatic N) is 1. The van der Waals surface area contributed by atoms with Crippen molar-refractivity contribution in [1.82, 2.24) is 9.29 Å². The molecule has 0 saturated heterocycles. The molecule has 0 amide bonds. The molecule has 7 nitrogen and oxygen atoms in total. The van der Waals surface area contributed by atoms with Crippen molar-refractivity contribution in [3.05, 3.63) is 105 Å². The molecule has 1 heterocycles. The van der Waals surface area contributed by atoms with Gasteiger partial charge in [0, 0.05) is 29.7 Å². The monoisotopic (exact) mass is 504 g/mol. The molecule has 3 aromatic carbocycles. The smallest absolute Gasteiger partial charge is 0.252 e. The van der Waals surface area contributed by atoms with Gasteiger partial charge >= 0.3 is 0 Å². The Bertz CT molecular complexity index is 1570. The highest BCUT2D eigenvalue weighted by atomic mass is 32.2. The van der Waals surface area contributed by atoms with Gasteiger partial charge in [0.1, 0.15) is 5.75 Å². The molecule has 0 aliphatic heterocycles. The number of aromatic nitrogens is 1. The Morgan fingerprint density at radius 2 is 1.67 bits per heavy atom. The molecule has 186 valence electrons. The van der Waals surface area contributed by atoms with E-state index in [1.54, 1.807) is 49.6 Å². The van der Waals surface area contributed by atoms with Crippen molar-refractivity contribution in [2.75, 3.05) is 7.11 Å². The van der Waals surface area contributed by atoms with Gasteiger partial charge in [-0.3, -0.25) is 9.59 Å². The number of carbonyl (C=O) groups excluding carboxylic acids is 1. The summed E-state index contributed by atoms with van der Waals surface area (Å²) in [5, 5.41) is 0.837. The molecule has 0 radical (unpaired) electrons. The van der Waals surface area contributed by atoms with Crippen LogP contribution in [0.15, 0.2) is 82.5 Å². The Labute approximate surface area is 210 Å². The van der Waals surface area contributed by atoms with Gasteiger partial charge in [-0.2, -0.15) is 4.31 Å². The predicted molar refractivity (Wildman–Crippen MR) is 140 cm³/mol. The van der Waals surface area contributed by atoms with Gasteiger partial charge in [0.05, 0.1) is 12.0 Å². The number of aryl methyl sites for hydroxylation is 1. The molecule has 0 fully saturated rings. The third-order valence-corrected chi connectivity index (χ3v) is 7.92. The van der Waals surface area contributed by atoms with Crippen LogP contribution in [0.2, 0.25) is 0 Å². The quantitative estimate of drug-likeness (QED) is 0.334. The Kier molecular flexibility index (Phi) is 7.37. The fourth-order valence-electron chi connectivity index (χ4n) is 4.01. The summed E-state index contributed by atoms with van der Waals surface area (Å²) in [6, 6.07) is 20.6. The van der Waals surface area contributed by atoms with Crippen LogP contribution in [-0.2, 0) is 29.5 Å². The number of H-pyrrole nitrogens is 1. The first-order chi connectivity index (χ1) is 17.2. The number of hydrogen-bond acceptors (Lipinski definition) is 5. The largest absolute Gasteiger partial charge is 0.497 e. The van der Waals surface area contributed by atoms with Crippen LogP contribution in [0.3, 0.4) is 0 Å². The summed E-state index contributed by atoms with van der Waals surface area (Å²) in [7, 11) is -2.50. The number of benzene rings is 3. The molecule has 0 bridgehead atoms. The van der Waals surface area contributed by atoms with Crippen molar-refractivity contribution < 1.29 is 17.9 Å². The third kappa shape index (κ3) is 5.40. The topological polar surface area (TPSA) is 96.5 Å². The summed E-state index contributed by atoms with van der Waals surface area (Å²) in [5.74, 6) is 0.423. The normalized spacial score (nSPS) is 11.7. The molecular formula is C28H28N2O5S. The average molecular weight is 505 g/mol. The van der Waals surface area contributed by atoms with Gasteiger partial charge in [0.25, 0.3) is 5.56 Å². The van der Waals surface area contributed by atoms with E-state index < -0.39 is 10.0 Å². The Morgan fingerprint density at radius 3 is 2.33 bits per heavy atom. The van der Waals surface area contributed by atoms with E-state index in [9.17, 15) is 18.0 Å². The standard InChI is InChI=1S/C28H28N2O5S/c1-4-20-10-13-27-23(14-20)15-24(28(32)29-27)18-30(17-21-8-11-25(35-3)12-9-21)36(33,34)26-7-5-6-22(16-26)19(2)31/h5-16H,4,17-18H2,1-3H3,(H,29,32). The zero-order chi connectivity index (χ0) is 25.9. The third-order valence-electron chi connectivity index (χ3n) is 6.14. The fraction of sp³-hybridized carbons (Fsp3) is 0.214. The SMILES string of the molecule is CCc1ccc2[nH]c(=O)c(CN(Cc3ccc(OC)cc3)S(=O)(=O)c3cccc(C(C)=O)c3)cc2c1. The molecule has 0 saturated carbocycles. The van der Waals surface area contributed by atoms with Crippen LogP contribution >= 0.6 is 0 Å². The Hall–Kier alpha value is -3.75. The molecule has 0 spiro atoms. The van der Waals surface area contributed by atoms with Crippen molar-refractivity contribution in [3.63, 3.8) is 0 Å². The fourth-order valence-corrected chi connectivity index (χ4v) is 5.47.